The molecular weight excluding hydrogens is 235 g/mol. The predicted molar refractivity (Wildman–Crippen MR) is 60.9 cm³/mol. The zero-order valence-electron chi connectivity index (χ0n) is 8.32. The van der Waals surface area contributed by atoms with E-state index in [4.69, 9.17) is 32.7 Å². The molecule has 0 spiro atoms. The van der Waals surface area contributed by atoms with Gasteiger partial charge in [-0.3, -0.25) is 0 Å². The molecule has 3 unspecified atom stereocenters. The van der Waals surface area contributed by atoms with Crippen LogP contribution in [0.3, 0.4) is 0 Å². The Hall–Kier alpha value is -0.440. The van der Waals surface area contributed by atoms with Crippen molar-refractivity contribution < 1.29 is 9.47 Å². The van der Waals surface area contributed by atoms with Crippen LogP contribution in [0.5, 0.6) is 5.75 Å². The quantitative estimate of drug-likeness (QED) is 0.764. The number of methoxy groups -OCH3 is 1. The van der Waals surface area contributed by atoms with Crippen LogP contribution < -0.4 is 4.74 Å². The van der Waals surface area contributed by atoms with Crippen LogP contribution in [-0.4, -0.2) is 24.7 Å². The third-order valence-corrected chi connectivity index (χ3v) is 3.23. The minimum absolute atomic E-state index is 0.0117. The average Bonchev–Trinajstić information content (AvgIpc) is 2.21. The van der Waals surface area contributed by atoms with Gasteiger partial charge in [0.2, 0.25) is 0 Å². The van der Waals surface area contributed by atoms with Crippen LogP contribution in [0.2, 0.25) is 5.02 Å². The molecule has 1 aromatic carbocycles. The van der Waals surface area contributed by atoms with Crippen molar-refractivity contribution in [3.8, 4) is 5.75 Å². The number of ether oxygens (including phenoxy) is 2. The number of hydrogen-bond acceptors (Lipinski definition) is 2. The maximum Gasteiger partial charge on any atom is 0.128 e. The highest BCUT2D eigenvalue weighted by Gasteiger charge is 2.42. The molecule has 15 heavy (non-hydrogen) atoms. The van der Waals surface area contributed by atoms with Crippen LogP contribution in [0.25, 0.3) is 0 Å². The largest absolute Gasteiger partial charge is 0.488 e. The molecule has 2 nitrogen and oxygen atoms in total. The third-order valence-electron chi connectivity index (χ3n) is 2.55. The highest BCUT2D eigenvalue weighted by atomic mass is 35.5. The van der Waals surface area contributed by atoms with E-state index in [1.807, 2.05) is 12.1 Å². The summed E-state index contributed by atoms with van der Waals surface area (Å²) in [5.74, 6) is 0.801. The van der Waals surface area contributed by atoms with Crippen molar-refractivity contribution >= 4 is 23.2 Å². The summed E-state index contributed by atoms with van der Waals surface area (Å²) in [6.45, 7) is 0. The van der Waals surface area contributed by atoms with E-state index < -0.39 is 0 Å². The Morgan fingerprint density at radius 2 is 1.93 bits per heavy atom. The fourth-order valence-corrected chi connectivity index (χ4v) is 2.20. The van der Waals surface area contributed by atoms with Gasteiger partial charge in [0.25, 0.3) is 0 Å². The molecule has 0 bridgehead atoms. The summed E-state index contributed by atoms with van der Waals surface area (Å²) >= 11 is 11.7. The summed E-state index contributed by atoms with van der Waals surface area (Å²) in [5.41, 5.74) is 0. The molecule has 82 valence electrons. The molecule has 2 rings (SSSR count). The molecule has 1 saturated carbocycles. The Bertz CT molecular complexity index is 326. The number of benzene rings is 1. The van der Waals surface area contributed by atoms with Gasteiger partial charge in [-0.1, -0.05) is 11.6 Å². The van der Waals surface area contributed by atoms with Gasteiger partial charge in [-0.25, -0.2) is 0 Å². The monoisotopic (exact) mass is 246 g/mol. The van der Waals surface area contributed by atoms with Crippen LogP contribution in [0.1, 0.15) is 6.42 Å². The maximum absolute atomic E-state index is 5.98. The smallest absolute Gasteiger partial charge is 0.128 e. The van der Waals surface area contributed by atoms with Crippen LogP contribution in [0.15, 0.2) is 24.3 Å². The average molecular weight is 247 g/mol. The van der Waals surface area contributed by atoms with E-state index in [0.29, 0.717) is 5.02 Å². The van der Waals surface area contributed by atoms with Crippen molar-refractivity contribution in [2.24, 2.45) is 0 Å². The third kappa shape index (κ3) is 2.39. The standard InChI is InChI=1S/C11H12Cl2O2/c1-14-11-9(13)6-10(11)15-8-4-2-7(12)3-5-8/h2-5,9-11H,6H2,1H3. The van der Waals surface area contributed by atoms with Crippen molar-refractivity contribution in [2.75, 3.05) is 7.11 Å². The van der Waals surface area contributed by atoms with Crippen LogP contribution in [0, 0.1) is 0 Å². The van der Waals surface area contributed by atoms with Crippen molar-refractivity contribution in [1.82, 2.24) is 0 Å². The first-order chi connectivity index (χ1) is 7.20. The topological polar surface area (TPSA) is 18.5 Å². The van der Waals surface area contributed by atoms with E-state index in [-0.39, 0.29) is 17.6 Å². The second-order valence-electron chi connectivity index (χ2n) is 3.56. The molecule has 3 atom stereocenters. The van der Waals surface area contributed by atoms with Crippen molar-refractivity contribution in [3.05, 3.63) is 29.3 Å². The minimum atomic E-state index is -0.0117. The lowest BCUT2D eigenvalue weighted by atomic mass is 9.91. The van der Waals surface area contributed by atoms with E-state index in [0.717, 1.165) is 12.2 Å². The Morgan fingerprint density at radius 3 is 2.47 bits per heavy atom. The lowest BCUT2D eigenvalue weighted by Gasteiger charge is -2.39. The maximum atomic E-state index is 5.98. The van der Waals surface area contributed by atoms with Gasteiger partial charge in [0.05, 0.1) is 5.38 Å². The molecule has 0 N–H and O–H groups in total. The van der Waals surface area contributed by atoms with Gasteiger partial charge in [0, 0.05) is 18.6 Å². The number of halogens is 2. The summed E-state index contributed by atoms with van der Waals surface area (Å²) in [5, 5.41) is 0.766. The normalized spacial score (nSPS) is 29.7. The van der Waals surface area contributed by atoms with Gasteiger partial charge in [-0.15, -0.1) is 11.6 Å². The summed E-state index contributed by atoms with van der Waals surface area (Å²) in [7, 11) is 1.65. The van der Waals surface area contributed by atoms with E-state index in [1.54, 1.807) is 19.2 Å². The van der Waals surface area contributed by atoms with E-state index in [2.05, 4.69) is 0 Å². The van der Waals surface area contributed by atoms with Crippen LogP contribution in [0.4, 0.5) is 0 Å². The molecule has 0 saturated heterocycles. The van der Waals surface area contributed by atoms with Gasteiger partial charge in [0.1, 0.15) is 18.0 Å². The molecule has 0 radical (unpaired) electrons. The molecule has 0 aliphatic heterocycles. The van der Waals surface area contributed by atoms with Gasteiger partial charge in [0.15, 0.2) is 0 Å². The molecule has 0 aromatic heterocycles. The summed E-state index contributed by atoms with van der Waals surface area (Å²) in [6.07, 6.45) is 0.865. The second kappa shape index (κ2) is 4.60. The van der Waals surface area contributed by atoms with Crippen LogP contribution in [-0.2, 0) is 4.74 Å². The fraction of sp³-hybridized carbons (Fsp3) is 0.455. The molecule has 1 aliphatic rings. The fourth-order valence-electron chi connectivity index (χ4n) is 1.63. The number of hydrogen-bond donors (Lipinski definition) is 0. The minimum Gasteiger partial charge on any atom is -0.488 e. The van der Waals surface area contributed by atoms with Crippen molar-refractivity contribution in [3.63, 3.8) is 0 Å². The molecule has 1 aromatic rings. The molecular formula is C11H12Cl2O2. The summed E-state index contributed by atoms with van der Waals surface area (Å²) in [4.78, 5) is 0. The summed E-state index contributed by atoms with van der Waals surface area (Å²) in [6, 6.07) is 7.29. The molecule has 1 fully saturated rings. The molecule has 1 aliphatic carbocycles. The first-order valence-electron chi connectivity index (χ1n) is 4.80. The molecule has 4 heteroatoms. The Balaban J connectivity index is 1.95. The van der Waals surface area contributed by atoms with Crippen molar-refractivity contribution in [2.45, 2.75) is 24.0 Å². The van der Waals surface area contributed by atoms with Gasteiger partial charge >= 0.3 is 0 Å². The predicted octanol–water partition coefficient (Wildman–Crippen LogP) is 3.11. The van der Waals surface area contributed by atoms with E-state index >= 15 is 0 Å². The Morgan fingerprint density at radius 1 is 1.27 bits per heavy atom. The van der Waals surface area contributed by atoms with Crippen LogP contribution >= 0.6 is 23.2 Å². The zero-order valence-corrected chi connectivity index (χ0v) is 9.83. The Labute approximate surface area is 99.1 Å². The number of rotatable bonds is 3. The molecule has 0 heterocycles. The van der Waals surface area contributed by atoms with Crippen molar-refractivity contribution in [1.29, 1.82) is 0 Å². The zero-order chi connectivity index (χ0) is 10.8. The lowest BCUT2D eigenvalue weighted by molar-refractivity contribution is -0.0583. The first-order valence-corrected chi connectivity index (χ1v) is 5.61. The Kier molecular flexibility index (Phi) is 3.39. The van der Waals surface area contributed by atoms with Gasteiger partial charge < -0.3 is 9.47 Å². The number of alkyl halides is 1. The van der Waals surface area contributed by atoms with Gasteiger partial charge in [-0.2, -0.15) is 0 Å². The van der Waals surface area contributed by atoms with Gasteiger partial charge in [-0.05, 0) is 24.3 Å². The highest BCUT2D eigenvalue weighted by molar-refractivity contribution is 6.30. The first kappa shape index (κ1) is 11.1. The van der Waals surface area contributed by atoms with E-state index in [1.165, 1.54) is 0 Å². The lowest BCUT2D eigenvalue weighted by Crippen LogP contribution is -2.52. The molecule has 0 amide bonds. The second-order valence-corrected chi connectivity index (χ2v) is 4.56. The SMILES string of the molecule is COC1C(Cl)CC1Oc1ccc(Cl)cc1. The summed E-state index contributed by atoms with van der Waals surface area (Å²) < 4.78 is 10.9. The van der Waals surface area contributed by atoms with E-state index in [9.17, 15) is 0 Å². The highest BCUT2D eigenvalue weighted by Crippen LogP contribution is 2.32.